The van der Waals surface area contributed by atoms with Crippen LogP contribution < -0.4 is 5.73 Å². The molecule has 0 atom stereocenters. The summed E-state index contributed by atoms with van der Waals surface area (Å²) in [4.78, 5) is 21.2. The van der Waals surface area contributed by atoms with Crippen LogP contribution in [0, 0.1) is 0 Å². The van der Waals surface area contributed by atoms with Crippen LogP contribution >= 0.6 is 11.8 Å². The molecule has 1 amide bonds. The third-order valence-corrected chi connectivity index (χ3v) is 3.84. The third-order valence-electron chi connectivity index (χ3n) is 2.98. The van der Waals surface area contributed by atoms with Crippen molar-refractivity contribution in [3.63, 3.8) is 0 Å². The first kappa shape index (κ1) is 13.7. The number of nitrogens with zero attached hydrogens (tertiary/aromatic N) is 2. The monoisotopic (exact) mass is 278 g/mol. The van der Waals surface area contributed by atoms with Crippen molar-refractivity contribution in [3.05, 3.63) is 18.2 Å². The van der Waals surface area contributed by atoms with Crippen molar-refractivity contribution < 1.29 is 4.79 Å². The first-order chi connectivity index (χ1) is 8.97. The summed E-state index contributed by atoms with van der Waals surface area (Å²) in [6.45, 7) is 3.99. The summed E-state index contributed by atoms with van der Waals surface area (Å²) in [5.41, 5.74) is 8.17. The van der Waals surface area contributed by atoms with Crippen molar-refractivity contribution >= 4 is 34.4 Å². The Morgan fingerprint density at radius 3 is 2.95 bits per heavy atom. The molecule has 0 saturated heterocycles. The number of nitrogens with one attached hydrogen (secondary N) is 1. The van der Waals surface area contributed by atoms with Gasteiger partial charge in [0.15, 0.2) is 5.16 Å². The molecule has 0 fully saturated rings. The van der Waals surface area contributed by atoms with Gasteiger partial charge >= 0.3 is 0 Å². The maximum atomic E-state index is 11.9. The Balaban J connectivity index is 2.04. The van der Waals surface area contributed by atoms with Crippen LogP contribution in [0.4, 0.5) is 5.69 Å². The van der Waals surface area contributed by atoms with Crippen molar-refractivity contribution in [1.29, 1.82) is 0 Å². The van der Waals surface area contributed by atoms with Crippen LogP contribution in [0.3, 0.4) is 0 Å². The fourth-order valence-corrected chi connectivity index (χ4v) is 2.40. The quantitative estimate of drug-likeness (QED) is 0.663. The average Bonchev–Trinajstić information content (AvgIpc) is 2.76. The molecule has 6 heteroatoms. The molecule has 5 nitrogen and oxygen atoms in total. The highest BCUT2D eigenvalue weighted by Crippen LogP contribution is 2.21. The zero-order valence-electron chi connectivity index (χ0n) is 11.3. The zero-order valence-corrected chi connectivity index (χ0v) is 12.1. The highest BCUT2D eigenvalue weighted by molar-refractivity contribution is 7.99. The first-order valence-electron chi connectivity index (χ1n) is 6.11. The third kappa shape index (κ3) is 3.20. The van der Waals surface area contributed by atoms with Gasteiger partial charge < -0.3 is 15.6 Å². The average molecular weight is 278 g/mol. The molecule has 1 aromatic heterocycles. The predicted molar refractivity (Wildman–Crippen MR) is 79.1 cm³/mol. The first-order valence-corrected chi connectivity index (χ1v) is 7.09. The summed E-state index contributed by atoms with van der Waals surface area (Å²) in [6.07, 6.45) is 0. The van der Waals surface area contributed by atoms with Crippen LogP contribution in [0.2, 0.25) is 0 Å². The van der Waals surface area contributed by atoms with E-state index in [4.69, 9.17) is 5.73 Å². The number of aromatic amines is 1. The summed E-state index contributed by atoms with van der Waals surface area (Å²) in [5, 5.41) is 0.742. The van der Waals surface area contributed by atoms with E-state index in [-0.39, 0.29) is 11.9 Å². The van der Waals surface area contributed by atoms with Gasteiger partial charge in [0.2, 0.25) is 5.91 Å². The number of benzene rings is 1. The minimum Gasteiger partial charge on any atom is -0.399 e. The van der Waals surface area contributed by atoms with Gasteiger partial charge in [-0.15, -0.1) is 0 Å². The van der Waals surface area contributed by atoms with Gasteiger partial charge in [0.1, 0.15) is 0 Å². The Morgan fingerprint density at radius 2 is 2.26 bits per heavy atom. The molecule has 0 radical (unpaired) electrons. The lowest BCUT2D eigenvalue weighted by atomic mass is 10.3. The molecule has 0 saturated carbocycles. The van der Waals surface area contributed by atoms with Crippen LogP contribution in [-0.4, -0.2) is 39.6 Å². The summed E-state index contributed by atoms with van der Waals surface area (Å²) in [5.74, 6) is 0.476. The molecule has 0 aliphatic carbocycles. The highest BCUT2D eigenvalue weighted by atomic mass is 32.2. The number of nitrogen functional groups attached to an aromatic ring is 1. The SMILES string of the molecule is CC(C)N(C)C(=O)CSc1nc2ccc(N)cc2[nH]1. The Bertz CT molecular complexity index is 593. The molecule has 102 valence electrons. The molecule has 19 heavy (non-hydrogen) atoms. The number of carbonyl (C=O) groups excluding carboxylic acids is 1. The number of fused-ring (bicyclic) bond motifs is 1. The van der Waals surface area contributed by atoms with Gasteiger partial charge in [0.25, 0.3) is 0 Å². The Hall–Kier alpha value is -1.69. The minimum absolute atomic E-state index is 0.0972. The molecular formula is C13H18N4OS. The molecule has 1 aromatic carbocycles. The predicted octanol–water partition coefficient (Wildman–Crippen LogP) is 2.10. The number of nitrogens with two attached hydrogens (primary N) is 1. The molecule has 2 aromatic rings. The van der Waals surface area contributed by atoms with Gasteiger partial charge in [-0.1, -0.05) is 11.8 Å². The maximum Gasteiger partial charge on any atom is 0.233 e. The van der Waals surface area contributed by atoms with E-state index >= 15 is 0 Å². The van der Waals surface area contributed by atoms with Gasteiger partial charge in [0, 0.05) is 18.8 Å². The molecule has 0 aliphatic heterocycles. The van der Waals surface area contributed by atoms with Crippen LogP contribution in [0.25, 0.3) is 11.0 Å². The van der Waals surface area contributed by atoms with Crippen molar-refractivity contribution in [2.45, 2.75) is 25.0 Å². The van der Waals surface area contributed by atoms with Crippen molar-refractivity contribution in [1.82, 2.24) is 14.9 Å². The molecule has 0 unspecified atom stereocenters. The summed E-state index contributed by atoms with van der Waals surface area (Å²) < 4.78 is 0. The Kier molecular flexibility index (Phi) is 3.99. The molecular weight excluding hydrogens is 260 g/mol. The van der Waals surface area contributed by atoms with Crippen molar-refractivity contribution in [3.8, 4) is 0 Å². The van der Waals surface area contributed by atoms with Crippen molar-refractivity contribution in [2.24, 2.45) is 0 Å². The highest BCUT2D eigenvalue weighted by Gasteiger charge is 2.13. The largest absolute Gasteiger partial charge is 0.399 e. The van der Waals surface area contributed by atoms with Gasteiger partial charge in [0.05, 0.1) is 16.8 Å². The molecule has 0 spiro atoms. The topological polar surface area (TPSA) is 75.0 Å². The fraction of sp³-hybridized carbons (Fsp3) is 0.385. The molecule has 0 aliphatic rings. The van der Waals surface area contributed by atoms with E-state index in [2.05, 4.69) is 9.97 Å². The van der Waals surface area contributed by atoms with Crippen molar-refractivity contribution in [2.75, 3.05) is 18.5 Å². The van der Waals surface area contributed by atoms with Gasteiger partial charge in [-0.05, 0) is 32.0 Å². The Labute approximate surface area is 116 Å². The lowest BCUT2D eigenvalue weighted by molar-refractivity contribution is -0.128. The molecule has 0 bridgehead atoms. The van der Waals surface area contributed by atoms with E-state index in [1.54, 1.807) is 4.90 Å². The van der Waals surface area contributed by atoms with E-state index in [1.165, 1.54) is 11.8 Å². The van der Waals surface area contributed by atoms with Crippen LogP contribution in [0.1, 0.15) is 13.8 Å². The number of anilines is 1. The lowest BCUT2D eigenvalue weighted by Gasteiger charge is -2.20. The second kappa shape index (κ2) is 5.52. The lowest BCUT2D eigenvalue weighted by Crippen LogP contribution is -2.34. The number of H-pyrrole nitrogens is 1. The van der Waals surface area contributed by atoms with E-state index < -0.39 is 0 Å². The number of hydrogen-bond donors (Lipinski definition) is 2. The number of amides is 1. The standard InChI is InChI=1S/C13H18N4OS/c1-8(2)17(3)12(18)7-19-13-15-10-5-4-9(14)6-11(10)16-13/h4-6,8H,7,14H2,1-3H3,(H,15,16). The van der Waals surface area contributed by atoms with Crippen LogP contribution in [0.5, 0.6) is 0 Å². The van der Waals surface area contributed by atoms with Gasteiger partial charge in [-0.3, -0.25) is 4.79 Å². The van der Waals surface area contributed by atoms with Gasteiger partial charge in [-0.2, -0.15) is 0 Å². The second-order valence-corrected chi connectivity index (χ2v) is 5.67. The minimum atomic E-state index is 0.0972. The number of thioether (sulfide) groups is 1. The number of hydrogen-bond acceptors (Lipinski definition) is 4. The molecule has 2 rings (SSSR count). The summed E-state index contributed by atoms with van der Waals surface area (Å²) in [7, 11) is 1.81. The number of imidazole rings is 1. The maximum absolute atomic E-state index is 11.9. The fourth-order valence-electron chi connectivity index (χ4n) is 1.59. The van der Waals surface area contributed by atoms with Crippen LogP contribution in [0.15, 0.2) is 23.4 Å². The van der Waals surface area contributed by atoms with E-state index in [9.17, 15) is 4.79 Å². The van der Waals surface area contributed by atoms with Gasteiger partial charge in [-0.25, -0.2) is 4.98 Å². The number of carbonyl (C=O) groups is 1. The number of aromatic nitrogens is 2. The molecule has 3 N–H and O–H groups in total. The van der Waals surface area contributed by atoms with E-state index in [0.717, 1.165) is 16.2 Å². The zero-order chi connectivity index (χ0) is 14.0. The van der Waals surface area contributed by atoms with E-state index in [0.29, 0.717) is 11.4 Å². The van der Waals surface area contributed by atoms with Crippen LogP contribution in [-0.2, 0) is 4.79 Å². The van der Waals surface area contributed by atoms with E-state index in [1.807, 2.05) is 39.1 Å². The normalized spacial score (nSPS) is 11.2. The Morgan fingerprint density at radius 1 is 1.53 bits per heavy atom. The summed E-state index contributed by atoms with van der Waals surface area (Å²) >= 11 is 1.41. The summed E-state index contributed by atoms with van der Waals surface area (Å²) in [6, 6.07) is 5.74. The number of rotatable bonds is 4. The molecule has 1 heterocycles. The smallest absolute Gasteiger partial charge is 0.233 e. The second-order valence-electron chi connectivity index (χ2n) is 4.71.